The van der Waals surface area contributed by atoms with Crippen molar-refractivity contribution in [2.75, 3.05) is 0 Å². The van der Waals surface area contributed by atoms with Crippen molar-refractivity contribution in [1.82, 2.24) is 24.3 Å². The molecule has 0 unspecified atom stereocenters. The van der Waals surface area contributed by atoms with Crippen molar-refractivity contribution in [1.29, 1.82) is 0 Å². The Kier molecular flexibility index (Phi) is 3.23. The van der Waals surface area contributed by atoms with Crippen LogP contribution in [0.1, 0.15) is 17.0 Å². The van der Waals surface area contributed by atoms with Crippen molar-refractivity contribution in [2.24, 2.45) is 7.05 Å². The molecule has 0 saturated heterocycles. The molecule has 0 radical (unpaired) electrons. The molecule has 4 rings (SSSR count). The molecule has 0 fully saturated rings. The quantitative estimate of drug-likeness (QED) is 0.566. The summed E-state index contributed by atoms with van der Waals surface area (Å²) in [4.78, 5) is 4.56. The fourth-order valence-electron chi connectivity index (χ4n) is 3.23. The highest BCUT2D eigenvalue weighted by Crippen LogP contribution is 2.27. The summed E-state index contributed by atoms with van der Waals surface area (Å²) < 4.78 is 4.16. The molecule has 0 spiro atoms. The molecule has 120 valence electrons. The Labute approximate surface area is 140 Å². The molecule has 0 N–H and O–H groups in total. The molecule has 0 aliphatic heterocycles. The standard InChI is InChI=1S/C19H19N5/c1-12-6-5-7-13(2)18(12)24-11-20-22-19(24)15-8-9-16-17(10-15)23(4)14(3)21-16/h5-11H,1-4H3. The van der Waals surface area contributed by atoms with Crippen LogP contribution in [0.25, 0.3) is 28.1 Å². The summed E-state index contributed by atoms with van der Waals surface area (Å²) in [5.74, 6) is 1.84. The smallest absolute Gasteiger partial charge is 0.168 e. The van der Waals surface area contributed by atoms with Crippen LogP contribution in [0.5, 0.6) is 0 Å². The topological polar surface area (TPSA) is 48.5 Å². The summed E-state index contributed by atoms with van der Waals surface area (Å²) in [6.45, 7) is 6.23. The van der Waals surface area contributed by atoms with Gasteiger partial charge in [-0.1, -0.05) is 18.2 Å². The zero-order valence-corrected chi connectivity index (χ0v) is 14.3. The van der Waals surface area contributed by atoms with Crippen molar-refractivity contribution >= 4 is 11.0 Å². The Balaban J connectivity index is 1.93. The minimum absolute atomic E-state index is 0.841. The van der Waals surface area contributed by atoms with Gasteiger partial charge in [0, 0.05) is 12.6 Å². The van der Waals surface area contributed by atoms with E-state index in [1.54, 1.807) is 6.33 Å². The number of rotatable bonds is 2. The van der Waals surface area contributed by atoms with Crippen LogP contribution in [-0.2, 0) is 7.05 Å². The van der Waals surface area contributed by atoms with Crippen molar-refractivity contribution in [3.8, 4) is 17.1 Å². The SMILES string of the molecule is Cc1cccc(C)c1-n1cnnc1-c1ccc2nc(C)n(C)c2c1. The number of aromatic nitrogens is 5. The lowest BCUT2D eigenvalue weighted by atomic mass is 10.1. The summed E-state index contributed by atoms with van der Waals surface area (Å²) >= 11 is 0. The van der Waals surface area contributed by atoms with E-state index in [9.17, 15) is 0 Å². The molecule has 2 aromatic carbocycles. The maximum absolute atomic E-state index is 4.56. The molecule has 0 amide bonds. The number of aryl methyl sites for hydroxylation is 4. The van der Waals surface area contributed by atoms with Crippen LogP contribution in [-0.4, -0.2) is 24.3 Å². The third-order valence-corrected chi connectivity index (χ3v) is 4.59. The van der Waals surface area contributed by atoms with Gasteiger partial charge in [0.05, 0.1) is 16.7 Å². The van der Waals surface area contributed by atoms with Crippen LogP contribution >= 0.6 is 0 Å². The molecule has 0 aliphatic carbocycles. The van der Waals surface area contributed by atoms with Crippen molar-refractivity contribution < 1.29 is 0 Å². The summed E-state index contributed by atoms with van der Waals surface area (Å²) in [5, 5.41) is 8.53. The van der Waals surface area contributed by atoms with Gasteiger partial charge >= 0.3 is 0 Å². The van der Waals surface area contributed by atoms with E-state index in [4.69, 9.17) is 0 Å². The molecule has 5 heteroatoms. The van der Waals surface area contributed by atoms with E-state index in [2.05, 4.69) is 68.5 Å². The largest absolute Gasteiger partial charge is 0.331 e. The Morgan fingerprint density at radius 2 is 1.71 bits per heavy atom. The first-order valence-corrected chi connectivity index (χ1v) is 7.96. The van der Waals surface area contributed by atoms with Gasteiger partial charge in [0.15, 0.2) is 5.82 Å². The Bertz CT molecular complexity index is 1030. The monoisotopic (exact) mass is 317 g/mol. The zero-order chi connectivity index (χ0) is 16.8. The van der Waals surface area contributed by atoms with Crippen LogP contribution in [0, 0.1) is 20.8 Å². The van der Waals surface area contributed by atoms with Gasteiger partial charge in [0.2, 0.25) is 0 Å². The third-order valence-electron chi connectivity index (χ3n) is 4.59. The summed E-state index contributed by atoms with van der Waals surface area (Å²) in [5.41, 5.74) is 6.67. The molecule has 2 aromatic heterocycles. The van der Waals surface area contributed by atoms with Gasteiger partial charge < -0.3 is 4.57 Å². The fraction of sp³-hybridized carbons (Fsp3) is 0.211. The van der Waals surface area contributed by atoms with Gasteiger partial charge in [0.25, 0.3) is 0 Å². The van der Waals surface area contributed by atoms with Crippen molar-refractivity contribution in [2.45, 2.75) is 20.8 Å². The van der Waals surface area contributed by atoms with Gasteiger partial charge in [-0.25, -0.2) is 4.98 Å². The molecular weight excluding hydrogens is 298 g/mol. The first-order chi connectivity index (χ1) is 11.6. The number of hydrogen-bond donors (Lipinski definition) is 0. The predicted octanol–water partition coefficient (Wildman–Crippen LogP) is 3.75. The Morgan fingerprint density at radius 1 is 0.958 bits per heavy atom. The number of benzene rings is 2. The first kappa shape index (κ1) is 14.6. The predicted molar refractivity (Wildman–Crippen MR) is 95.3 cm³/mol. The number of fused-ring (bicyclic) bond motifs is 1. The lowest BCUT2D eigenvalue weighted by Gasteiger charge is -2.13. The Morgan fingerprint density at radius 3 is 2.46 bits per heavy atom. The molecule has 0 saturated carbocycles. The zero-order valence-electron chi connectivity index (χ0n) is 14.3. The number of imidazole rings is 1. The molecule has 4 aromatic rings. The molecule has 0 bridgehead atoms. The molecule has 0 aliphatic rings. The van der Waals surface area contributed by atoms with E-state index < -0.39 is 0 Å². The highest BCUT2D eigenvalue weighted by molar-refractivity contribution is 5.81. The summed E-state index contributed by atoms with van der Waals surface area (Å²) in [6.07, 6.45) is 1.78. The van der Waals surface area contributed by atoms with E-state index in [1.165, 1.54) is 11.1 Å². The molecule has 24 heavy (non-hydrogen) atoms. The first-order valence-electron chi connectivity index (χ1n) is 7.96. The van der Waals surface area contributed by atoms with E-state index in [-0.39, 0.29) is 0 Å². The molecule has 0 atom stereocenters. The van der Waals surface area contributed by atoms with Gasteiger partial charge in [-0.3, -0.25) is 4.57 Å². The van der Waals surface area contributed by atoms with E-state index in [0.29, 0.717) is 0 Å². The van der Waals surface area contributed by atoms with Crippen LogP contribution in [0.2, 0.25) is 0 Å². The van der Waals surface area contributed by atoms with Gasteiger partial charge in [-0.15, -0.1) is 10.2 Å². The normalized spacial score (nSPS) is 11.3. The van der Waals surface area contributed by atoms with Crippen LogP contribution in [0.4, 0.5) is 0 Å². The minimum Gasteiger partial charge on any atom is -0.331 e. The number of para-hydroxylation sites is 1. The van der Waals surface area contributed by atoms with Crippen LogP contribution in [0.15, 0.2) is 42.7 Å². The average molecular weight is 317 g/mol. The lowest BCUT2D eigenvalue weighted by molar-refractivity contribution is 0.886. The van der Waals surface area contributed by atoms with Gasteiger partial charge in [-0.05, 0) is 50.1 Å². The molecular formula is C19H19N5. The second kappa shape index (κ2) is 5.30. The number of hydrogen-bond acceptors (Lipinski definition) is 3. The second-order valence-electron chi connectivity index (χ2n) is 6.19. The Hall–Kier alpha value is -2.95. The number of nitrogens with zero attached hydrogens (tertiary/aromatic N) is 5. The minimum atomic E-state index is 0.841. The maximum atomic E-state index is 4.56. The maximum Gasteiger partial charge on any atom is 0.168 e. The van der Waals surface area contributed by atoms with Crippen LogP contribution in [0.3, 0.4) is 0 Å². The van der Waals surface area contributed by atoms with E-state index in [0.717, 1.165) is 33.9 Å². The van der Waals surface area contributed by atoms with Gasteiger partial charge in [-0.2, -0.15) is 0 Å². The van der Waals surface area contributed by atoms with Crippen molar-refractivity contribution in [3.63, 3.8) is 0 Å². The average Bonchev–Trinajstić information content (AvgIpc) is 3.13. The van der Waals surface area contributed by atoms with E-state index >= 15 is 0 Å². The lowest BCUT2D eigenvalue weighted by Crippen LogP contribution is -2.01. The highest BCUT2D eigenvalue weighted by atomic mass is 15.3. The third kappa shape index (κ3) is 2.12. The molecule has 5 nitrogen and oxygen atoms in total. The summed E-state index contributed by atoms with van der Waals surface area (Å²) in [6, 6.07) is 12.5. The fourth-order valence-corrected chi connectivity index (χ4v) is 3.23. The van der Waals surface area contributed by atoms with E-state index in [1.807, 2.05) is 20.0 Å². The second-order valence-corrected chi connectivity index (χ2v) is 6.19. The van der Waals surface area contributed by atoms with Crippen LogP contribution < -0.4 is 0 Å². The highest BCUT2D eigenvalue weighted by Gasteiger charge is 2.14. The molecule has 2 heterocycles. The van der Waals surface area contributed by atoms with Gasteiger partial charge in [0.1, 0.15) is 12.2 Å². The van der Waals surface area contributed by atoms with Crippen molar-refractivity contribution in [3.05, 3.63) is 59.7 Å². The summed E-state index contributed by atoms with van der Waals surface area (Å²) in [7, 11) is 2.03.